The maximum absolute atomic E-state index is 12.1. The van der Waals surface area contributed by atoms with Crippen molar-refractivity contribution in [2.75, 3.05) is 0 Å². The average Bonchev–Trinajstić information content (AvgIpc) is 2.75. The van der Waals surface area contributed by atoms with Gasteiger partial charge in [-0.2, -0.15) is 0 Å². The molecule has 3 nitrogen and oxygen atoms in total. The minimum absolute atomic E-state index is 0.0878. The van der Waals surface area contributed by atoms with Crippen molar-refractivity contribution < 1.29 is 14.7 Å². The Morgan fingerprint density at radius 1 is 1.00 bits per heavy atom. The molecule has 0 spiro atoms. The Morgan fingerprint density at radius 3 is 2.29 bits per heavy atom. The number of carbonyl (C=O) groups excluding carboxylic acids is 1. The zero-order valence-electron chi connectivity index (χ0n) is 23.5. The summed E-state index contributed by atoms with van der Waals surface area (Å²) >= 11 is 0. The van der Waals surface area contributed by atoms with E-state index in [-0.39, 0.29) is 27.1 Å². The first-order valence-corrected chi connectivity index (χ1v) is 14.2. The van der Waals surface area contributed by atoms with Crippen LogP contribution in [0, 0.1) is 56.2 Å². The van der Waals surface area contributed by atoms with E-state index in [0.29, 0.717) is 34.7 Å². The van der Waals surface area contributed by atoms with Gasteiger partial charge in [-0.25, -0.2) is 4.79 Å². The molecule has 194 valence electrons. The highest BCUT2D eigenvalue weighted by Crippen LogP contribution is 2.76. The van der Waals surface area contributed by atoms with Crippen molar-refractivity contribution in [2.24, 2.45) is 56.2 Å². The molecule has 0 aliphatic heterocycles. The fraction of sp³-hybridized carbons (Fsp3) is 0.812. The summed E-state index contributed by atoms with van der Waals surface area (Å²) in [5.41, 5.74) is 2.51. The Balaban J connectivity index is 1.63. The molecule has 0 aromatic carbocycles. The van der Waals surface area contributed by atoms with E-state index in [9.17, 15) is 14.7 Å². The standard InChI is InChI=1S/C32H48O3/c1-20-17-22-23-18-28(4,19-33)13-14-29(23,5)15-16-31(22,7)32(8)12-10-24-27(2,3)21(26(34)35)9-11-30(24,6)25(20)32/h9,17,19-20,23-25H,10-16,18H2,1-8H3,(H,34,35)/t20?,23?,24?,25?,28-,29?,30-,31+,32+/m0/s1. The van der Waals surface area contributed by atoms with Crippen LogP contribution < -0.4 is 0 Å². The zero-order valence-corrected chi connectivity index (χ0v) is 23.5. The molecule has 9 atom stereocenters. The molecule has 3 heteroatoms. The summed E-state index contributed by atoms with van der Waals surface area (Å²) in [6, 6.07) is 0. The SMILES string of the molecule is CC1C=C2C3C[C@@](C)(C=O)CCC3(C)CC[C@@]2(C)[C@]2(C)CCC3C(C)(C)C(C(=O)O)=CC[C@]3(C)C12. The summed E-state index contributed by atoms with van der Waals surface area (Å²) in [5.74, 6) is 1.12. The molecule has 0 aromatic rings. The summed E-state index contributed by atoms with van der Waals surface area (Å²) in [7, 11) is 0. The monoisotopic (exact) mass is 480 g/mol. The van der Waals surface area contributed by atoms with Crippen LogP contribution in [0.5, 0.6) is 0 Å². The fourth-order valence-electron chi connectivity index (χ4n) is 11.1. The predicted octanol–water partition coefficient (Wildman–Crippen LogP) is 7.85. The highest BCUT2D eigenvalue weighted by atomic mass is 16.4. The number of carbonyl (C=O) groups is 2. The molecule has 5 aliphatic rings. The number of allylic oxidation sites excluding steroid dienone is 3. The Hall–Kier alpha value is -1.38. The van der Waals surface area contributed by atoms with E-state index in [4.69, 9.17) is 0 Å². The van der Waals surface area contributed by atoms with Crippen LogP contribution in [0.3, 0.4) is 0 Å². The summed E-state index contributed by atoms with van der Waals surface area (Å²) in [5, 5.41) is 9.97. The average molecular weight is 481 g/mol. The third kappa shape index (κ3) is 3.08. The van der Waals surface area contributed by atoms with E-state index < -0.39 is 5.97 Å². The third-order valence-corrected chi connectivity index (χ3v) is 13.2. The van der Waals surface area contributed by atoms with Gasteiger partial charge < -0.3 is 9.90 Å². The molecular weight excluding hydrogens is 432 g/mol. The number of aldehydes is 1. The predicted molar refractivity (Wildman–Crippen MR) is 141 cm³/mol. The third-order valence-electron chi connectivity index (χ3n) is 13.2. The molecule has 0 amide bonds. The Bertz CT molecular complexity index is 1020. The van der Waals surface area contributed by atoms with E-state index in [1.807, 2.05) is 0 Å². The van der Waals surface area contributed by atoms with Gasteiger partial charge in [0.2, 0.25) is 0 Å². The topological polar surface area (TPSA) is 54.4 Å². The maximum Gasteiger partial charge on any atom is 0.331 e. The van der Waals surface area contributed by atoms with Crippen LogP contribution >= 0.6 is 0 Å². The van der Waals surface area contributed by atoms with Crippen molar-refractivity contribution in [1.29, 1.82) is 0 Å². The number of fused-ring (bicyclic) bond motifs is 7. The van der Waals surface area contributed by atoms with Gasteiger partial charge in [-0.05, 0) is 102 Å². The van der Waals surface area contributed by atoms with Gasteiger partial charge in [-0.1, -0.05) is 73.1 Å². The lowest BCUT2D eigenvalue weighted by atomic mass is 9.32. The summed E-state index contributed by atoms with van der Waals surface area (Å²) in [6.07, 6.45) is 14.8. The van der Waals surface area contributed by atoms with E-state index in [2.05, 4.69) is 67.5 Å². The first-order chi connectivity index (χ1) is 16.1. The molecule has 0 heterocycles. The normalized spacial score (nSPS) is 52.6. The van der Waals surface area contributed by atoms with Gasteiger partial charge in [0, 0.05) is 11.0 Å². The van der Waals surface area contributed by atoms with E-state index in [1.54, 1.807) is 5.57 Å². The van der Waals surface area contributed by atoms with Crippen LogP contribution in [0.25, 0.3) is 0 Å². The molecule has 35 heavy (non-hydrogen) atoms. The highest BCUT2D eigenvalue weighted by Gasteiger charge is 2.68. The minimum Gasteiger partial charge on any atom is -0.478 e. The van der Waals surface area contributed by atoms with Crippen LogP contribution in [0.1, 0.15) is 107 Å². The van der Waals surface area contributed by atoms with Crippen molar-refractivity contribution in [2.45, 2.75) is 107 Å². The number of rotatable bonds is 2. The van der Waals surface area contributed by atoms with Crippen molar-refractivity contribution in [3.8, 4) is 0 Å². The molecule has 0 radical (unpaired) electrons. The van der Waals surface area contributed by atoms with Crippen molar-refractivity contribution in [3.63, 3.8) is 0 Å². The molecule has 0 aromatic heterocycles. The van der Waals surface area contributed by atoms with Gasteiger partial charge in [0.15, 0.2) is 0 Å². The number of carboxylic acids is 1. The highest BCUT2D eigenvalue weighted by molar-refractivity contribution is 5.88. The van der Waals surface area contributed by atoms with Gasteiger partial charge in [0.25, 0.3) is 0 Å². The minimum atomic E-state index is -0.738. The Labute approximate surface area is 213 Å². The summed E-state index contributed by atoms with van der Waals surface area (Å²) in [4.78, 5) is 24.3. The number of carboxylic acid groups (broad SMARTS) is 1. The fourth-order valence-corrected chi connectivity index (χ4v) is 11.1. The molecule has 1 N–H and O–H groups in total. The smallest absolute Gasteiger partial charge is 0.331 e. The summed E-state index contributed by atoms with van der Waals surface area (Å²) < 4.78 is 0. The molecule has 3 fully saturated rings. The second-order valence-corrected chi connectivity index (χ2v) is 15.3. The van der Waals surface area contributed by atoms with E-state index in [0.717, 1.165) is 32.1 Å². The molecular formula is C32H48O3. The van der Waals surface area contributed by atoms with Gasteiger partial charge >= 0.3 is 5.97 Å². The van der Waals surface area contributed by atoms with E-state index in [1.165, 1.54) is 25.5 Å². The first-order valence-electron chi connectivity index (χ1n) is 14.2. The van der Waals surface area contributed by atoms with Gasteiger partial charge in [-0.3, -0.25) is 0 Å². The van der Waals surface area contributed by atoms with Crippen LogP contribution in [0.15, 0.2) is 23.3 Å². The number of hydrogen-bond acceptors (Lipinski definition) is 2. The maximum atomic E-state index is 12.1. The lowest BCUT2D eigenvalue weighted by molar-refractivity contribution is -0.178. The quantitative estimate of drug-likeness (QED) is 0.323. The van der Waals surface area contributed by atoms with E-state index >= 15 is 0 Å². The molecule has 5 rings (SSSR count). The summed E-state index contributed by atoms with van der Waals surface area (Å²) in [6.45, 7) is 19.2. The second-order valence-electron chi connectivity index (χ2n) is 15.3. The molecule has 3 saturated carbocycles. The zero-order chi connectivity index (χ0) is 25.8. The largest absolute Gasteiger partial charge is 0.478 e. The lowest BCUT2D eigenvalue weighted by Gasteiger charge is -2.71. The Kier molecular flexibility index (Phi) is 5.31. The van der Waals surface area contributed by atoms with Crippen LogP contribution in [0.2, 0.25) is 0 Å². The van der Waals surface area contributed by atoms with Gasteiger partial charge in [-0.15, -0.1) is 0 Å². The number of aliphatic carboxylic acids is 1. The van der Waals surface area contributed by atoms with Gasteiger partial charge in [0.05, 0.1) is 0 Å². The van der Waals surface area contributed by atoms with Gasteiger partial charge in [0.1, 0.15) is 6.29 Å². The molecule has 5 unspecified atom stereocenters. The van der Waals surface area contributed by atoms with Crippen molar-refractivity contribution in [1.82, 2.24) is 0 Å². The van der Waals surface area contributed by atoms with Crippen LogP contribution in [0.4, 0.5) is 0 Å². The molecule has 0 bridgehead atoms. The van der Waals surface area contributed by atoms with Crippen LogP contribution in [-0.2, 0) is 9.59 Å². The van der Waals surface area contributed by atoms with Crippen molar-refractivity contribution >= 4 is 12.3 Å². The number of hydrogen-bond donors (Lipinski definition) is 1. The Morgan fingerprint density at radius 2 is 1.66 bits per heavy atom. The lowest BCUT2D eigenvalue weighted by Crippen LogP contribution is -2.64. The molecule has 0 saturated heterocycles. The second kappa shape index (κ2) is 7.35. The van der Waals surface area contributed by atoms with Crippen molar-refractivity contribution in [3.05, 3.63) is 23.3 Å². The van der Waals surface area contributed by atoms with Crippen LogP contribution in [-0.4, -0.2) is 17.4 Å². The molecule has 5 aliphatic carbocycles. The first kappa shape index (κ1) is 25.3.